The van der Waals surface area contributed by atoms with Crippen molar-refractivity contribution < 1.29 is 37.7 Å². The largest absolute Gasteiger partial charge is 0.479 e. The lowest BCUT2D eigenvalue weighted by atomic mass is 9.95. The lowest BCUT2D eigenvalue weighted by molar-refractivity contribution is -0.156. The van der Waals surface area contributed by atoms with Gasteiger partial charge in [0.1, 0.15) is 17.7 Å². The van der Waals surface area contributed by atoms with E-state index in [4.69, 9.17) is 26.1 Å². The molecular formula is C34H34ClF2N7O6S. The maximum atomic E-state index is 15.6. The topological polar surface area (TPSA) is 140 Å². The van der Waals surface area contributed by atoms with E-state index < -0.39 is 35.7 Å². The van der Waals surface area contributed by atoms with Gasteiger partial charge in [0.15, 0.2) is 16.9 Å². The number of halogens is 3. The van der Waals surface area contributed by atoms with Gasteiger partial charge in [-0.25, -0.2) is 28.1 Å². The van der Waals surface area contributed by atoms with Crippen LogP contribution in [0.1, 0.15) is 22.2 Å². The molecule has 7 rings (SSSR count). The zero-order chi connectivity index (χ0) is 35.8. The van der Waals surface area contributed by atoms with Crippen molar-refractivity contribution in [2.75, 3.05) is 64.4 Å². The Morgan fingerprint density at radius 1 is 1.10 bits per heavy atom. The van der Waals surface area contributed by atoms with Crippen LogP contribution in [0.5, 0.6) is 0 Å². The summed E-state index contributed by atoms with van der Waals surface area (Å²) in [6.45, 7) is 3.15. The van der Waals surface area contributed by atoms with E-state index in [1.54, 1.807) is 28.6 Å². The van der Waals surface area contributed by atoms with E-state index in [1.165, 1.54) is 47.6 Å². The number of methoxy groups -OCH3 is 1. The highest BCUT2D eigenvalue weighted by molar-refractivity contribution is 7.11. The predicted octanol–water partition coefficient (Wildman–Crippen LogP) is 3.50. The number of benzene rings is 2. The van der Waals surface area contributed by atoms with Crippen LogP contribution >= 0.6 is 22.9 Å². The highest BCUT2D eigenvalue weighted by Gasteiger charge is 2.43. The van der Waals surface area contributed by atoms with E-state index >= 15 is 4.39 Å². The molecule has 13 nitrogen and oxygen atoms in total. The maximum Gasteiger partial charge on any atom is 0.338 e. The number of ether oxygens (including phenoxy) is 2. The number of amidine groups is 1. The number of aliphatic carboxylic acids is 1. The number of carbonyl (C=O) groups excluding carboxylic acids is 2. The van der Waals surface area contributed by atoms with Crippen LogP contribution in [0.25, 0.3) is 0 Å². The number of morpholine rings is 1. The number of fused-ring (bicyclic) bond motifs is 1. The third kappa shape index (κ3) is 7.19. The van der Waals surface area contributed by atoms with Crippen LogP contribution in [0.4, 0.5) is 19.3 Å². The van der Waals surface area contributed by atoms with E-state index in [2.05, 4.69) is 15.2 Å². The Balaban J connectivity index is 1.09. The van der Waals surface area contributed by atoms with Gasteiger partial charge in [-0.1, -0.05) is 23.7 Å². The zero-order valence-corrected chi connectivity index (χ0v) is 29.0. The number of nitrogens with zero attached hydrogens (tertiary/aromatic N) is 6. The van der Waals surface area contributed by atoms with Crippen LogP contribution < -0.4 is 10.2 Å². The molecule has 2 amide bonds. The predicted molar refractivity (Wildman–Crippen MR) is 184 cm³/mol. The summed E-state index contributed by atoms with van der Waals surface area (Å²) in [5.74, 6) is -2.30. The first kappa shape index (κ1) is 34.9. The maximum absolute atomic E-state index is 15.6. The van der Waals surface area contributed by atoms with Crippen molar-refractivity contribution in [1.82, 2.24) is 25.0 Å². The third-order valence-electron chi connectivity index (χ3n) is 9.38. The normalized spacial score (nSPS) is 22.9. The number of piperazine rings is 1. The molecule has 3 atom stereocenters. The SMILES string of the molecule is COC(=O)C1=C(CN2CCN3C(=O)N(c4ccc(CN5CCOC(C(=O)O)C5)cc4F)C[C@@H]3C2)NC(c2nccs2)=N[C@H]1c1ccc(F)cc1Cl. The van der Waals surface area contributed by atoms with Crippen molar-refractivity contribution in [2.45, 2.75) is 24.7 Å². The molecule has 4 aliphatic heterocycles. The van der Waals surface area contributed by atoms with Gasteiger partial charge < -0.3 is 24.8 Å². The van der Waals surface area contributed by atoms with Crippen molar-refractivity contribution in [3.8, 4) is 0 Å². The van der Waals surface area contributed by atoms with Crippen molar-refractivity contribution in [2.24, 2.45) is 4.99 Å². The second-order valence-corrected chi connectivity index (χ2v) is 13.9. The van der Waals surface area contributed by atoms with Gasteiger partial charge in [0.25, 0.3) is 0 Å². The van der Waals surface area contributed by atoms with Crippen LogP contribution in [0.3, 0.4) is 0 Å². The summed E-state index contributed by atoms with van der Waals surface area (Å²) in [5, 5.41) is 15.1. The molecule has 2 N–H and O–H groups in total. The summed E-state index contributed by atoms with van der Waals surface area (Å²) in [6, 6.07) is 7.20. The second-order valence-electron chi connectivity index (χ2n) is 12.6. The van der Waals surface area contributed by atoms with Crippen molar-refractivity contribution in [3.63, 3.8) is 0 Å². The van der Waals surface area contributed by atoms with Crippen LogP contribution in [-0.4, -0.2) is 120 Å². The lowest BCUT2D eigenvalue weighted by Crippen LogP contribution is -2.53. The highest BCUT2D eigenvalue weighted by Crippen LogP contribution is 2.37. The number of nitrogens with one attached hydrogen (secondary N) is 1. The monoisotopic (exact) mass is 741 g/mol. The molecule has 1 unspecified atom stereocenters. The average molecular weight is 742 g/mol. The molecule has 1 aromatic heterocycles. The fourth-order valence-corrected chi connectivity index (χ4v) is 7.79. The van der Waals surface area contributed by atoms with Crippen molar-refractivity contribution >= 4 is 52.4 Å². The summed E-state index contributed by atoms with van der Waals surface area (Å²) in [7, 11) is 1.27. The molecule has 2 aromatic carbocycles. The van der Waals surface area contributed by atoms with Crippen LogP contribution in [0.15, 0.2) is 64.2 Å². The number of rotatable bonds is 9. The first-order chi connectivity index (χ1) is 24.6. The summed E-state index contributed by atoms with van der Waals surface area (Å²) in [4.78, 5) is 54.6. The number of thiazole rings is 1. The molecule has 51 heavy (non-hydrogen) atoms. The summed E-state index contributed by atoms with van der Waals surface area (Å²) in [6.07, 6.45) is 0.713. The van der Waals surface area contributed by atoms with Gasteiger partial charge in [0.05, 0.1) is 31.0 Å². The summed E-state index contributed by atoms with van der Waals surface area (Å²) >= 11 is 7.84. The van der Waals surface area contributed by atoms with Gasteiger partial charge in [-0.15, -0.1) is 11.3 Å². The average Bonchev–Trinajstić information content (AvgIpc) is 3.76. The number of urea groups is 1. The number of amides is 2. The van der Waals surface area contributed by atoms with E-state index in [0.717, 1.165) is 0 Å². The van der Waals surface area contributed by atoms with Gasteiger partial charge in [-0.2, -0.15) is 0 Å². The Hall–Kier alpha value is -4.48. The number of aliphatic imine (C=N–C) groups is 1. The van der Waals surface area contributed by atoms with E-state index in [9.17, 15) is 23.9 Å². The van der Waals surface area contributed by atoms with E-state index in [1.807, 2.05) is 4.90 Å². The number of anilines is 1. The molecular weight excluding hydrogens is 708 g/mol. The third-order valence-corrected chi connectivity index (χ3v) is 10.5. The summed E-state index contributed by atoms with van der Waals surface area (Å²) in [5.41, 5.74) is 1.99. The molecule has 3 saturated heterocycles. The number of hydrogen-bond acceptors (Lipinski definition) is 11. The molecule has 0 saturated carbocycles. The molecule has 17 heteroatoms. The van der Waals surface area contributed by atoms with Gasteiger partial charge in [0.2, 0.25) is 0 Å². The van der Waals surface area contributed by atoms with Gasteiger partial charge in [-0.05, 0) is 29.8 Å². The Labute approximate surface area is 300 Å². The Kier molecular flexibility index (Phi) is 10.0. The minimum absolute atomic E-state index is 0.108. The Morgan fingerprint density at radius 3 is 2.65 bits per heavy atom. The fourth-order valence-electron chi connectivity index (χ4n) is 6.93. The fraction of sp³-hybridized carbons (Fsp3) is 0.382. The molecule has 3 fully saturated rings. The molecule has 4 aliphatic rings. The zero-order valence-electron chi connectivity index (χ0n) is 27.4. The minimum Gasteiger partial charge on any atom is -0.479 e. The van der Waals surface area contributed by atoms with E-state index in [0.29, 0.717) is 60.4 Å². The Bertz CT molecular complexity index is 1910. The van der Waals surface area contributed by atoms with Crippen LogP contribution in [-0.2, 0) is 25.6 Å². The molecule has 0 aliphatic carbocycles. The van der Waals surface area contributed by atoms with Crippen molar-refractivity contribution in [1.29, 1.82) is 0 Å². The standard InChI is InChI=1S/C34H34ClF2N7O6S/c1-49-33(47)28-25(39-30(31-38-6-11-51-31)40-29(28)22-4-3-20(36)13-23(22)35)17-41-7-8-43-21(15-41)16-44(34(43)48)26-5-2-19(12-24(26)37)14-42-9-10-50-27(18-42)32(45)46/h2-6,11-13,21,27,29H,7-10,14-18H2,1H3,(H,39,40)(H,45,46)/t21-,27?,29-/m0/s1. The van der Waals surface area contributed by atoms with Crippen LogP contribution in [0.2, 0.25) is 5.02 Å². The smallest absolute Gasteiger partial charge is 0.338 e. The number of hydrogen-bond donors (Lipinski definition) is 2. The first-order valence-corrected chi connectivity index (χ1v) is 17.5. The number of carboxylic acids is 1. The minimum atomic E-state index is -1.03. The summed E-state index contributed by atoms with van der Waals surface area (Å²) < 4.78 is 40.1. The number of aromatic nitrogens is 1. The molecule has 0 bridgehead atoms. The Morgan fingerprint density at radius 2 is 1.92 bits per heavy atom. The lowest BCUT2D eigenvalue weighted by Gasteiger charge is -2.38. The van der Waals surface area contributed by atoms with Crippen molar-refractivity contribution in [3.05, 3.63) is 92.0 Å². The number of carbonyl (C=O) groups is 3. The molecule has 0 spiro atoms. The van der Waals surface area contributed by atoms with Gasteiger partial charge >= 0.3 is 18.0 Å². The quantitative estimate of drug-likeness (QED) is 0.314. The second kappa shape index (κ2) is 14.6. The molecule has 268 valence electrons. The van der Waals surface area contributed by atoms with E-state index in [-0.39, 0.29) is 54.6 Å². The number of esters is 1. The molecule has 3 aromatic rings. The molecule has 0 radical (unpaired) electrons. The van der Waals surface area contributed by atoms with Crippen LogP contribution in [0, 0.1) is 11.6 Å². The molecule has 5 heterocycles. The number of carboxylic acid groups (broad SMARTS) is 1. The highest BCUT2D eigenvalue weighted by atomic mass is 35.5. The first-order valence-electron chi connectivity index (χ1n) is 16.3. The van der Waals surface area contributed by atoms with Gasteiger partial charge in [0, 0.05) is 80.2 Å². The van der Waals surface area contributed by atoms with Gasteiger partial charge in [-0.3, -0.25) is 19.7 Å².